The molecule has 0 bridgehead atoms. The fraction of sp³-hybridized carbons (Fsp3) is 0.263. The summed E-state index contributed by atoms with van der Waals surface area (Å²) in [4.78, 5) is 12.1. The Morgan fingerprint density at radius 2 is 1.78 bits per heavy atom. The topological polar surface area (TPSA) is 37.3 Å². The summed E-state index contributed by atoms with van der Waals surface area (Å²) >= 11 is 6.95. The summed E-state index contributed by atoms with van der Waals surface area (Å²) in [6, 6.07) is 15.8. The van der Waals surface area contributed by atoms with Gasteiger partial charge < -0.3 is 5.11 Å². The van der Waals surface area contributed by atoms with E-state index in [1.54, 1.807) is 0 Å². The molecule has 0 spiro atoms. The van der Waals surface area contributed by atoms with Crippen molar-refractivity contribution in [1.29, 1.82) is 0 Å². The Hall–Kier alpha value is -1.65. The SMILES string of the molecule is CC(C)(C)c1ccc(SC(=S)c2ccccc2)c(CC(=O)O)c1. The lowest BCUT2D eigenvalue weighted by molar-refractivity contribution is -0.136. The summed E-state index contributed by atoms with van der Waals surface area (Å²) in [5.74, 6) is -0.830. The Morgan fingerprint density at radius 3 is 2.35 bits per heavy atom. The Bertz CT molecular complexity index is 716. The second-order valence-electron chi connectivity index (χ2n) is 6.40. The summed E-state index contributed by atoms with van der Waals surface area (Å²) < 4.78 is 0.751. The molecular weight excluding hydrogens is 324 g/mol. The fourth-order valence-corrected chi connectivity index (χ4v) is 3.44. The standard InChI is InChI=1S/C19H20O2S2/c1-19(2,3)15-9-10-16(14(11-15)12-17(20)21)23-18(22)13-7-5-4-6-8-13/h4-11H,12H2,1-3H3,(H,20,21). The van der Waals surface area contributed by atoms with E-state index in [9.17, 15) is 9.90 Å². The number of aliphatic carboxylic acids is 1. The van der Waals surface area contributed by atoms with Crippen LogP contribution in [0.3, 0.4) is 0 Å². The first-order valence-electron chi connectivity index (χ1n) is 7.40. The zero-order chi connectivity index (χ0) is 17.0. The van der Waals surface area contributed by atoms with Gasteiger partial charge in [0.25, 0.3) is 0 Å². The minimum Gasteiger partial charge on any atom is -0.481 e. The van der Waals surface area contributed by atoms with Gasteiger partial charge >= 0.3 is 5.97 Å². The first kappa shape index (κ1) is 17.7. The number of thioether (sulfide) groups is 1. The molecule has 0 saturated carbocycles. The Labute approximate surface area is 146 Å². The van der Waals surface area contributed by atoms with E-state index in [4.69, 9.17) is 12.2 Å². The molecule has 0 radical (unpaired) electrons. The van der Waals surface area contributed by atoms with Gasteiger partial charge in [0.15, 0.2) is 0 Å². The molecule has 0 aliphatic heterocycles. The number of carboxylic acids is 1. The van der Waals surface area contributed by atoms with Crippen molar-refractivity contribution in [2.75, 3.05) is 0 Å². The van der Waals surface area contributed by atoms with Crippen molar-refractivity contribution in [3.8, 4) is 0 Å². The van der Waals surface area contributed by atoms with Crippen LogP contribution in [0.25, 0.3) is 0 Å². The maximum atomic E-state index is 11.2. The van der Waals surface area contributed by atoms with Gasteiger partial charge in [0, 0.05) is 4.90 Å². The lowest BCUT2D eigenvalue weighted by Gasteiger charge is -2.21. The number of benzene rings is 2. The number of thiocarbonyl (C=S) groups is 1. The number of carboxylic acid groups (broad SMARTS) is 1. The summed E-state index contributed by atoms with van der Waals surface area (Å²) in [6.07, 6.45) is 0.00363. The van der Waals surface area contributed by atoms with Crippen LogP contribution in [0, 0.1) is 0 Å². The van der Waals surface area contributed by atoms with Crippen LogP contribution in [0.15, 0.2) is 53.4 Å². The van der Waals surface area contributed by atoms with E-state index in [0.29, 0.717) is 0 Å². The van der Waals surface area contributed by atoms with E-state index in [0.717, 1.165) is 25.8 Å². The van der Waals surface area contributed by atoms with Gasteiger partial charge in [-0.1, -0.05) is 87.2 Å². The van der Waals surface area contributed by atoms with Gasteiger partial charge in [0.2, 0.25) is 0 Å². The van der Waals surface area contributed by atoms with E-state index >= 15 is 0 Å². The molecule has 2 aromatic rings. The zero-order valence-corrected chi connectivity index (χ0v) is 15.1. The molecule has 0 heterocycles. The monoisotopic (exact) mass is 344 g/mol. The number of rotatable bonds is 4. The van der Waals surface area contributed by atoms with Gasteiger partial charge in [-0.05, 0) is 28.2 Å². The molecule has 1 N–H and O–H groups in total. The smallest absolute Gasteiger partial charge is 0.307 e. The van der Waals surface area contributed by atoms with E-state index < -0.39 is 5.97 Å². The van der Waals surface area contributed by atoms with Gasteiger partial charge in [0.1, 0.15) is 0 Å². The zero-order valence-electron chi connectivity index (χ0n) is 13.5. The summed E-state index contributed by atoms with van der Waals surface area (Å²) in [5.41, 5.74) is 2.90. The first-order chi connectivity index (χ1) is 10.8. The predicted molar refractivity (Wildman–Crippen MR) is 100 cm³/mol. The summed E-state index contributed by atoms with van der Waals surface area (Å²) in [5, 5.41) is 9.19. The van der Waals surface area contributed by atoms with Gasteiger partial charge in [0.05, 0.1) is 10.6 Å². The normalized spacial score (nSPS) is 11.3. The third-order valence-electron chi connectivity index (χ3n) is 3.48. The lowest BCUT2D eigenvalue weighted by atomic mass is 9.86. The molecule has 0 aliphatic rings. The highest BCUT2D eigenvalue weighted by Crippen LogP contribution is 2.32. The molecule has 2 aromatic carbocycles. The van der Waals surface area contributed by atoms with Gasteiger partial charge in [-0.15, -0.1) is 0 Å². The molecule has 2 nitrogen and oxygen atoms in total. The largest absolute Gasteiger partial charge is 0.481 e. The maximum Gasteiger partial charge on any atom is 0.307 e. The second kappa shape index (κ2) is 7.28. The quantitative estimate of drug-likeness (QED) is 0.620. The average molecular weight is 345 g/mol. The third-order valence-corrected chi connectivity index (χ3v) is 5.01. The Morgan fingerprint density at radius 1 is 1.13 bits per heavy atom. The summed E-state index contributed by atoms with van der Waals surface area (Å²) in [7, 11) is 0. The van der Waals surface area contributed by atoms with E-state index in [1.807, 2.05) is 42.5 Å². The van der Waals surface area contributed by atoms with Crippen LogP contribution in [-0.2, 0) is 16.6 Å². The molecule has 120 valence electrons. The molecule has 0 aromatic heterocycles. The van der Waals surface area contributed by atoms with Crippen LogP contribution in [0.1, 0.15) is 37.5 Å². The molecular formula is C19H20O2S2. The van der Waals surface area contributed by atoms with Crippen LogP contribution in [0.4, 0.5) is 0 Å². The predicted octanol–water partition coefficient (Wildman–Crippen LogP) is 5.08. The Kier molecular flexibility index (Phi) is 5.60. The van der Waals surface area contributed by atoms with Crippen molar-refractivity contribution < 1.29 is 9.90 Å². The molecule has 0 amide bonds. The minimum atomic E-state index is -0.830. The molecule has 23 heavy (non-hydrogen) atoms. The lowest BCUT2D eigenvalue weighted by Crippen LogP contribution is -2.12. The molecule has 0 unspecified atom stereocenters. The molecule has 0 saturated heterocycles. The second-order valence-corrected chi connectivity index (χ2v) is 8.12. The van der Waals surface area contributed by atoms with Gasteiger partial charge in [-0.2, -0.15) is 0 Å². The van der Waals surface area contributed by atoms with Crippen LogP contribution < -0.4 is 0 Å². The number of hydrogen-bond donors (Lipinski definition) is 1. The summed E-state index contributed by atoms with van der Waals surface area (Å²) in [6.45, 7) is 6.36. The highest BCUT2D eigenvalue weighted by molar-refractivity contribution is 8.23. The van der Waals surface area contributed by atoms with Gasteiger partial charge in [-0.3, -0.25) is 4.79 Å². The van der Waals surface area contributed by atoms with Gasteiger partial charge in [-0.25, -0.2) is 0 Å². The van der Waals surface area contributed by atoms with Crippen molar-refractivity contribution in [2.45, 2.75) is 37.5 Å². The Balaban J connectivity index is 2.33. The minimum absolute atomic E-state index is 0.00363. The first-order valence-corrected chi connectivity index (χ1v) is 8.62. The fourth-order valence-electron chi connectivity index (χ4n) is 2.18. The van der Waals surface area contributed by atoms with Crippen molar-refractivity contribution in [1.82, 2.24) is 0 Å². The van der Waals surface area contributed by atoms with Crippen molar-refractivity contribution in [3.63, 3.8) is 0 Å². The molecule has 0 aliphatic carbocycles. The van der Waals surface area contributed by atoms with E-state index in [1.165, 1.54) is 11.8 Å². The van der Waals surface area contributed by atoms with E-state index in [-0.39, 0.29) is 11.8 Å². The average Bonchev–Trinajstić information content (AvgIpc) is 2.48. The van der Waals surface area contributed by atoms with Crippen LogP contribution in [-0.4, -0.2) is 15.3 Å². The van der Waals surface area contributed by atoms with Crippen LogP contribution >= 0.6 is 24.0 Å². The molecule has 0 fully saturated rings. The third kappa shape index (κ3) is 4.91. The molecule has 2 rings (SSSR count). The highest BCUT2D eigenvalue weighted by Gasteiger charge is 2.17. The number of hydrogen-bond acceptors (Lipinski definition) is 3. The van der Waals surface area contributed by atoms with Crippen molar-refractivity contribution >= 4 is 34.1 Å². The maximum absolute atomic E-state index is 11.2. The van der Waals surface area contributed by atoms with Crippen LogP contribution in [0.2, 0.25) is 0 Å². The molecule has 0 atom stereocenters. The van der Waals surface area contributed by atoms with Crippen LogP contribution in [0.5, 0.6) is 0 Å². The van der Waals surface area contributed by atoms with Crippen molar-refractivity contribution in [2.24, 2.45) is 0 Å². The highest BCUT2D eigenvalue weighted by atomic mass is 32.2. The van der Waals surface area contributed by atoms with Crippen molar-refractivity contribution in [3.05, 3.63) is 65.2 Å². The number of carbonyl (C=O) groups is 1. The molecule has 4 heteroatoms. The van der Waals surface area contributed by atoms with E-state index in [2.05, 4.69) is 26.8 Å².